The molecule has 6 heteroatoms. The first kappa shape index (κ1) is 13.4. The van der Waals surface area contributed by atoms with Crippen molar-refractivity contribution in [2.75, 3.05) is 0 Å². The maximum atomic E-state index is 12.0. The van der Waals surface area contributed by atoms with Gasteiger partial charge in [-0.25, -0.2) is 0 Å². The molecule has 3 rings (SSSR count). The van der Waals surface area contributed by atoms with Crippen LogP contribution in [0.5, 0.6) is 0 Å². The SMILES string of the molecule is O=C(NCc1nccnc1-c1ccsc1)c1ccccn1. The van der Waals surface area contributed by atoms with E-state index < -0.39 is 0 Å². The van der Waals surface area contributed by atoms with Gasteiger partial charge in [-0.1, -0.05) is 6.07 Å². The van der Waals surface area contributed by atoms with Gasteiger partial charge in [0.2, 0.25) is 0 Å². The number of hydrogen-bond acceptors (Lipinski definition) is 5. The molecule has 0 aromatic carbocycles. The Kier molecular flexibility index (Phi) is 3.97. The van der Waals surface area contributed by atoms with Crippen LogP contribution in [0.15, 0.2) is 53.6 Å². The average Bonchev–Trinajstić information content (AvgIpc) is 3.08. The van der Waals surface area contributed by atoms with Crippen molar-refractivity contribution in [1.29, 1.82) is 0 Å². The van der Waals surface area contributed by atoms with Gasteiger partial charge in [-0.05, 0) is 23.6 Å². The molecule has 0 saturated heterocycles. The maximum absolute atomic E-state index is 12.0. The molecule has 1 N–H and O–H groups in total. The molecule has 0 fully saturated rings. The van der Waals surface area contributed by atoms with E-state index in [-0.39, 0.29) is 5.91 Å². The van der Waals surface area contributed by atoms with E-state index >= 15 is 0 Å². The highest BCUT2D eigenvalue weighted by atomic mass is 32.1. The predicted molar refractivity (Wildman–Crippen MR) is 80.8 cm³/mol. The summed E-state index contributed by atoms with van der Waals surface area (Å²) >= 11 is 1.60. The van der Waals surface area contributed by atoms with Crippen LogP contribution >= 0.6 is 11.3 Å². The summed E-state index contributed by atoms with van der Waals surface area (Å²) < 4.78 is 0. The van der Waals surface area contributed by atoms with E-state index in [1.54, 1.807) is 48.1 Å². The molecule has 0 atom stereocenters. The lowest BCUT2D eigenvalue weighted by Crippen LogP contribution is -2.24. The number of carbonyl (C=O) groups is 1. The van der Waals surface area contributed by atoms with Crippen molar-refractivity contribution in [1.82, 2.24) is 20.3 Å². The predicted octanol–water partition coefficient (Wildman–Crippen LogP) is 2.53. The van der Waals surface area contributed by atoms with Gasteiger partial charge in [-0.15, -0.1) is 0 Å². The van der Waals surface area contributed by atoms with Crippen LogP contribution < -0.4 is 5.32 Å². The van der Waals surface area contributed by atoms with Gasteiger partial charge in [0.25, 0.3) is 5.91 Å². The molecule has 0 saturated carbocycles. The molecular formula is C15H12N4OS. The van der Waals surface area contributed by atoms with Crippen molar-refractivity contribution < 1.29 is 4.79 Å². The largest absolute Gasteiger partial charge is 0.345 e. The third-order valence-electron chi connectivity index (χ3n) is 2.88. The molecule has 1 amide bonds. The summed E-state index contributed by atoms with van der Waals surface area (Å²) in [5.74, 6) is -0.225. The summed E-state index contributed by atoms with van der Waals surface area (Å²) in [4.78, 5) is 24.7. The highest BCUT2D eigenvalue weighted by molar-refractivity contribution is 7.08. The molecule has 104 valence electrons. The fraction of sp³-hybridized carbons (Fsp3) is 0.0667. The number of hydrogen-bond donors (Lipinski definition) is 1. The topological polar surface area (TPSA) is 67.8 Å². The Hall–Kier alpha value is -2.60. The Bertz CT molecular complexity index is 728. The lowest BCUT2D eigenvalue weighted by atomic mass is 10.2. The minimum Gasteiger partial charge on any atom is -0.345 e. The fourth-order valence-corrected chi connectivity index (χ4v) is 2.53. The summed E-state index contributed by atoms with van der Waals surface area (Å²) in [6, 6.07) is 7.21. The highest BCUT2D eigenvalue weighted by Crippen LogP contribution is 2.22. The molecule has 0 aliphatic carbocycles. The Balaban J connectivity index is 1.76. The van der Waals surface area contributed by atoms with Crippen LogP contribution in [0, 0.1) is 0 Å². The Morgan fingerprint density at radius 2 is 2.00 bits per heavy atom. The molecule has 0 aliphatic heterocycles. The quantitative estimate of drug-likeness (QED) is 0.803. The van der Waals surface area contributed by atoms with Crippen LogP contribution in [-0.4, -0.2) is 20.9 Å². The monoisotopic (exact) mass is 296 g/mol. The fourth-order valence-electron chi connectivity index (χ4n) is 1.89. The summed E-state index contributed by atoms with van der Waals surface area (Å²) in [7, 11) is 0. The van der Waals surface area contributed by atoms with E-state index in [1.807, 2.05) is 16.8 Å². The van der Waals surface area contributed by atoms with Gasteiger partial charge < -0.3 is 5.32 Å². The van der Waals surface area contributed by atoms with Crippen LogP contribution in [-0.2, 0) is 6.54 Å². The zero-order valence-corrected chi connectivity index (χ0v) is 11.9. The van der Waals surface area contributed by atoms with Crippen LogP contribution in [0.3, 0.4) is 0 Å². The Morgan fingerprint density at radius 1 is 1.10 bits per heavy atom. The first-order valence-electron chi connectivity index (χ1n) is 6.36. The lowest BCUT2D eigenvalue weighted by Gasteiger charge is -2.07. The summed E-state index contributed by atoms with van der Waals surface area (Å²) in [6.07, 6.45) is 4.86. The molecule has 0 aliphatic rings. The van der Waals surface area contributed by atoms with Crippen molar-refractivity contribution in [3.63, 3.8) is 0 Å². The molecule has 0 spiro atoms. The van der Waals surface area contributed by atoms with Crippen molar-refractivity contribution >= 4 is 17.2 Å². The van der Waals surface area contributed by atoms with Crippen molar-refractivity contribution in [3.8, 4) is 11.3 Å². The molecule has 0 bridgehead atoms. The molecule has 3 heterocycles. The normalized spacial score (nSPS) is 10.3. The number of aromatic nitrogens is 3. The van der Waals surface area contributed by atoms with Crippen LogP contribution in [0.25, 0.3) is 11.3 Å². The van der Waals surface area contributed by atoms with Gasteiger partial charge in [0.05, 0.1) is 17.9 Å². The molecule has 0 radical (unpaired) electrons. The lowest BCUT2D eigenvalue weighted by molar-refractivity contribution is 0.0945. The molecular weight excluding hydrogens is 284 g/mol. The summed E-state index contributed by atoms with van der Waals surface area (Å²) in [5.41, 5.74) is 2.92. The number of nitrogens with zero attached hydrogens (tertiary/aromatic N) is 3. The first-order valence-corrected chi connectivity index (χ1v) is 7.30. The second-order valence-corrected chi connectivity index (χ2v) is 5.04. The van der Waals surface area contributed by atoms with Gasteiger partial charge in [0, 0.05) is 29.5 Å². The molecule has 0 unspecified atom stereocenters. The zero-order valence-electron chi connectivity index (χ0n) is 11.1. The van der Waals surface area contributed by atoms with E-state index in [0.29, 0.717) is 12.2 Å². The smallest absolute Gasteiger partial charge is 0.270 e. The number of pyridine rings is 1. The van der Waals surface area contributed by atoms with E-state index in [2.05, 4.69) is 20.3 Å². The Labute approximate surface area is 125 Å². The second kappa shape index (κ2) is 6.23. The number of carbonyl (C=O) groups excluding carboxylic acids is 1. The van der Waals surface area contributed by atoms with Crippen LogP contribution in [0.1, 0.15) is 16.2 Å². The van der Waals surface area contributed by atoms with Gasteiger partial charge in [-0.3, -0.25) is 19.7 Å². The van der Waals surface area contributed by atoms with E-state index in [0.717, 1.165) is 17.0 Å². The van der Waals surface area contributed by atoms with Crippen LogP contribution in [0.2, 0.25) is 0 Å². The molecule has 3 aromatic rings. The first-order chi connectivity index (χ1) is 10.3. The van der Waals surface area contributed by atoms with E-state index in [4.69, 9.17) is 0 Å². The number of rotatable bonds is 4. The van der Waals surface area contributed by atoms with Crippen molar-refractivity contribution in [3.05, 3.63) is 65.0 Å². The molecule has 21 heavy (non-hydrogen) atoms. The van der Waals surface area contributed by atoms with Gasteiger partial charge in [-0.2, -0.15) is 11.3 Å². The standard InChI is InChI=1S/C15H12N4OS/c20-15(12-3-1-2-5-16-12)19-9-13-14(18-7-6-17-13)11-4-8-21-10-11/h1-8,10H,9H2,(H,19,20). The highest BCUT2D eigenvalue weighted by Gasteiger charge is 2.11. The second-order valence-electron chi connectivity index (χ2n) is 4.26. The molecule has 5 nitrogen and oxygen atoms in total. The van der Waals surface area contributed by atoms with Gasteiger partial charge in [0.15, 0.2) is 0 Å². The third-order valence-corrected chi connectivity index (χ3v) is 3.57. The average molecular weight is 296 g/mol. The maximum Gasteiger partial charge on any atom is 0.270 e. The molecule has 3 aromatic heterocycles. The van der Waals surface area contributed by atoms with Gasteiger partial charge in [0.1, 0.15) is 5.69 Å². The van der Waals surface area contributed by atoms with Crippen LogP contribution in [0.4, 0.5) is 0 Å². The van der Waals surface area contributed by atoms with E-state index in [1.165, 1.54) is 0 Å². The minimum absolute atomic E-state index is 0.225. The zero-order chi connectivity index (χ0) is 14.5. The minimum atomic E-state index is -0.225. The third kappa shape index (κ3) is 3.11. The Morgan fingerprint density at radius 3 is 2.76 bits per heavy atom. The van der Waals surface area contributed by atoms with Crippen molar-refractivity contribution in [2.24, 2.45) is 0 Å². The van der Waals surface area contributed by atoms with Gasteiger partial charge >= 0.3 is 0 Å². The summed E-state index contributed by atoms with van der Waals surface area (Å²) in [6.45, 7) is 0.314. The number of nitrogens with one attached hydrogen (secondary N) is 1. The van der Waals surface area contributed by atoms with Crippen molar-refractivity contribution in [2.45, 2.75) is 6.54 Å². The summed E-state index contributed by atoms with van der Waals surface area (Å²) in [5, 5.41) is 6.81. The number of amides is 1. The number of thiophene rings is 1. The van der Waals surface area contributed by atoms with E-state index in [9.17, 15) is 4.79 Å².